The number of aliphatic hydroxyl groups is 1. The molecule has 0 bridgehead atoms. The first-order valence-electron chi connectivity index (χ1n) is 7.10. The molecule has 0 saturated heterocycles. The van der Waals surface area contributed by atoms with Crippen LogP contribution in [-0.2, 0) is 0 Å². The SMILES string of the molecule is CCCNc1cc(NC(CC)CO)nc(C(C)C)n1. The van der Waals surface area contributed by atoms with E-state index in [4.69, 9.17) is 0 Å². The van der Waals surface area contributed by atoms with Crippen molar-refractivity contribution in [1.82, 2.24) is 9.97 Å². The van der Waals surface area contributed by atoms with E-state index in [1.165, 1.54) is 0 Å². The number of anilines is 2. The highest BCUT2D eigenvalue weighted by Crippen LogP contribution is 2.18. The molecule has 0 fully saturated rings. The van der Waals surface area contributed by atoms with E-state index < -0.39 is 0 Å². The summed E-state index contributed by atoms with van der Waals surface area (Å²) in [7, 11) is 0. The van der Waals surface area contributed by atoms with Crippen molar-refractivity contribution >= 4 is 11.6 Å². The summed E-state index contributed by atoms with van der Waals surface area (Å²) in [5.74, 6) is 2.71. The number of nitrogens with zero attached hydrogens (tertiary/aromatic N) is 2. The summed E-state index contributed by atoms with van der Waals surface area (Å²) in [6.07, 6.45) is 1.91. The van der Waals surface area contributed by atoms with Crippen LogP contribution in [0, 0.1) is 0 Å². The van der Waals surface area contributed by atoms with Gasteiger partial charge in [-0.1, -0.05) is 27.7 Å². The minimum absolute atomic E-state index is 0.0361. The van der Waals surface area contributed by atoms with E-state index in [0.29, 0.717) is 0 Å². The van der Waals surface area contributed by atoms with Gasteiger partial charge >= 0.3 is 0 Å². The highest BCUT2D eigenvalue weighted by Gasteiger charge is 2.10. The lowest BCUT2D eigenvalue weighted by atomic mass is 10.2. The van der Waals surface area contributed by atoms with Gasteiger partial charge in [0.15, 0.2) is 0 Å². The minimum atomic E-state index is 0.0361. The maximum atomic E-state index is 9.26. The van der Waals surface area contributed by atoms with Crippen molar-refractivity contribution in [1.29, 1.82) is 0 Å². The molecule has 1 rings (SSSR count). The predicted molar refractivity (Wildman–Crippen MR) is 79.7 cm³/mol. The van der Waals surface area contributed by atoms with Crippen LogP contribution in [0.2, 0.25) is 0 Å². The van der Waals surface area contributed by atoms with Gasteiger partial charge in [-0.05, 0) is 12.8 Å². The van der Waals surface area contributed by atoms with E-state index in [9.17, 15) is 5.11 Å². The fourth-order valence-electron chi connectivity index (χ4n) is 1.63. The number of hydrogen-bond donors (Lipinski definition) is 3. The van der Waals surface area contributed by atoms with E-state index in [-0.39, 0.29) is 18.6 Å². The molecule has 3 N–H and O–H groups in total. The van der Waals surface area contributed by atoms with Crippen LogP contribution in [0.5, 0.6) is 0 Å². The highest BCUT2D eigenvalue weighted by molar-refractivity contribution is 5.48. The Kier molecular flexibility index (Phi) is 6.56. The molecule has 19 heavy (non-hydrogen) atoms. The highest BCUT2D eigenvalue weighted by atomic mass is 16.3. The van der Waals surface area contributed by atoms with E-state index in [1.54, 1.807) is 0 Å². The fourth-order valence-corrected chi connectivity index (χ4v) is 1.63. The third-order valence-electron chi connectivity index (χ3n) is 2.88. The first-order valence-corrected chi connectivity index (χ1v) is 7.10. The predicted octanol–water partition coefficient (Wildman–Crippen LogP) is 2.60. The summed E-state index contributed by atoms with van der Waals surface area (Å²) in [6.45, 7) is 9.31. The standard InChI is InChI=1S/C14H26N4O/c1-5-7-15-12-8-13(16-11(6-2)9-19)18-14(17-12)10(3)4/h8,10-11,19H,5-7,9H2,1-4H3,(H2,15,16,17,18). The van der Waals surface area contributed by atoms with Gasteiger partial charge in [-0.25, -0.2) is 9.97 Å². The van der Waals surface area contributed by atoms with Crippen molar-refractivity contribution in [2.75, 3.05) is 23.8 Å². The molecule has 0 aliphatic heterocycles. The second kappa shape index (κ2) is 7.94. The Bertz CT molecular complexity index is 378. The average Bonchev–Trinajstić information content (AvgIpc) is 2.42. The van der Waals surface area contributed by atoms with Crippen LogP contribution >= 0.6 is 0 Å². The summed E-state index contributed by atoms with van der Waals surface area (Å²) in [6, 6.07) is 1.94. The van der Waals surface area contributed by atoms with Gasteiger partial charge in [0, 0.05) is 18.5 Å². The molecular weight excluding hydrogens is 240 g/mol. The maximum Gasteiger partial charge on any atom is 0.135 e. The monoisotopic (exact) mass is 266 g/mol. The molecule has 0 amide bonds. The summed E-state index contributed by atoms with van der Waals surface area (Å²) in [5, 5.41) is 15.8. The molecule has 0 radical (unpaired) electrons. The number of rotatable bonds is 8. The largest absolute Gasteiger partial charge is 0.394 e. The quantitative estimate of drug-likeness (QED) is 0.674. The van der Waals surface area contributed by atoms with E-state index in [0.717, 1.165) is 36.8 Å². The van der Waals surface area contributed by atoms with E-state index >= 15 is 0 Å². The van der Waals surface area contributed by atoms with E-state index in [1.807, 2.05) is 13.0 Å². The van der Waals surface area contributed by atoms with Gasteiger partial charge in [0.25, 0.3) is 0 Å². The second-order valence-corrected chi connectivity index (χ2v) is 5.01. The summed E-state index contributed by atoms with van der Waals surface area (Å²) >= 11 is 0. The molecule has 5 nitrogen and oxygen atoms in total. The topological polar surface area (TPSA) is 70.1 Å². The Hall–Kier alpha value is -1.36. The lowest BCUT2D eigenvalue weighted by Crippen LogP contribution is -2.23. The van der Waals surface area contributed by atoms with Crippen LogP contribution in [0.15, 0.2) is 6.07 Å². The molecule has 0 spiro atoms. The third-order valence-corrected chi connectivity index (χ3v) is 2.88. The zero-order chi connectivity index (χ0) is 14.3. The number of hydrogen-bond acceptors (Lipinski definition) is 5. The number of aliphatic hydroxyl groups excluding tert-OH is 1. The molecule has 1 unspecified atom stereocenters. The molecule has 1 aromatic heterocycles. The molecule has 108 valence electrons. The van der Waals surface area contributed by atoms with Gasteiger partial charge in [-0.2, -0.15) is 0 Å². The van der Waals surface area contributed by atoms with Crippen molar-refractivity contribution in [3.8, 4) is 0 Å². The van der Waals surface area contributed by atoms with Crippen LogP contribution in [0.25, 0.3) is 0 Å². The summed E-state index contributed by atoms with van der Waals surface area (Å²) < 4.78 is 0. The van der Waals surface area contributed by atoms with Gasteiger partial charge < -0.3 is 15.7 Å². The van der Waals surface area contributed by atoms with Gasteiger partial charge in [-0.3, -0.25) is 0 Å². The smallest absolute Gasteiger partial charge is 0.135 e. The first kappa shape index (κ1) is 15.7. The normalized spacial score (nSPS) is 12.5. The maximum absolute atomic E-state index is 9.26. The molecule has 0 aromatic carbocycles. The summed E-state index contributed by atoms with van der Waals surface area (Å²) in [4.78, 5) is 9.01. The van der Waals surface area contributed by atoms with Crippen LogP contribution in [-0.4, -0.2) is 34.3 Å². The Morgan fingerprint density at radius 3 is 2.42 bits per heavy atom. The molecule has 0 aliphatic rings. The first-order chi connectivity index (χ1) is 9.10. The van der Waals surface area contributed by atoms with Crippen LogP contribution in [0.3, 0.4) is 0 Å². The molecule has 0 aliphatic carbocycles. The Balaban J connectivity index is 2.91. The molecule has 5 heteroatoms. The van der Waals surface area contributed by atoms with Crippen molar-refractivity contribution in [2.24, 2.45) is 0 Å². The van der Waals surface area contributed by atoms with Crippen molar-refractivity contribution in [3.05, 3.63) is 11.9 Å². The minimum Gasteiger partial charge on any atom is -0.394 e. The fraction of sp³-hybridized carbons (Fsp3) is 0.714. The second-order valence-electron chi connectivity index (χ2n) is 5.01. The van der Waals surface area contributed by atoms with Gasteiger partial charge in [-0.15, -0.1) is 0 Å². The zero-order valence-corrected chi connectivity index (χ0v) is 12.4. The number of aromatic nitrogens is 2. The Morgan fingerprint density at radius 1 is 1.21 bits per heavy atom. The van der Waals surface area contributed by atoms with Crippen LogP contribution in [0.1, 0.15) is 52.3 Å². The van der Waals surface area contributed by atoms with Crippen molar-refractivity contribution in [3.63, 3.8) is 0 Å². The van der Waals surface area contributed by atoms with Gasteiger partial charge in [0.1, 0.15) is 17.5 Å². The Labute approximate surface area is 115 Å². The van der Waals surface area contributed by atoms with E-state index in [2.05, 4.69) is 41.4 Å². The average molecular weight is 266 g/mol. The van der Waals surface area contributed by atoms with Crippen LogP contribution in [0.4, 0.5) is 11.6 Å². The number of nitrogens with one attached hydrogen (secondary N) is 2. The Morgan fingerprint density at radius 2 is 1.89 bits per heavy atom. The van der Waals surface area contributed by atoms with Gasteiger partial charge in [0.05, 0.1) is 12.6 Å². The lowest BCUT2D eigenvalue weighted by molar-refractivity contribution is 0.271. The van der Waals surface area contributed by atoms with Crippen molar-refractivity contribution < 1.29 is 5.11 Å². The molecule has 1 heterocycles. The zero-order valence-electron chi connectivity index (χ0n) is 12.4. The van der Waals surface area contributed by atoms with Gasteiger partial charge in [0.2, 0.25) is 0 Å². The van der Waals surface area contributed by atoms with Crippen LogP contribution < -0.4 is 10.6 Å². The molecule has 1 aromatic rings. The third kappa shape index (κ3) is 5.03. The molecular formula is C14H26N4O. The lowest BCUT2D eigenvalue weighted by Gasteiger charge is -2.17. The molecule has 1 atom stereocenters. The summed E-state index contributed by atoms with van der Waals surface area (Å²) in [5.41, 5.74) is 0. The van der Waals surface area contributed by atoms with Crippen molar-refractivity contribution in [2.45, 2.75) is 52.5 Å². The molecule has 0 saturated carbocycles.